The van der Waals surface area contributed by atoms with Crippen LogP contribution in [0.4, 0.5) is 5.69 Å². The van der Waals surface area contributed by atoms with Gasteiger partial charge in [-0.15, -0.1) is 0 Å². The third-order valence-corrected chi connectivity index (χ3v) is 3.48. The minimum Gasteiger partial charge on any atom is -0.508 e. The van der Waals surface area contributed by atoms with Gasteiger partial charge in [-0.3, -0.25) is 0 Å². The van der Waals surface area contributed by atoms with E-state index in [0.29, 0.717) is 6.54 Å². The smallest absolute Gasteiger partial charge is 0.115 e. The highest BCUT2D eigenvalue weighted by atomic mass is 35.5. The summed E-state index contributed by atoms with van der Waals surface area (Å²) < 4.78 is 0. The molecule has 0 aliphatic rings. The Labute approximate surface area is 115 Å². The fourth-order valence-electron chi connectivity index (χ4n) is 2.06. The van der Waals surface area contributed by atoms with Crippen molar-refractivity contribution in [2.75, 3.05) is 5.32 Å². The van der Waals surface area contributed by atoms with Crippen molar-refractivity contribution in [2.24, 2.45) is 0 Å². The van der Waals surface area contributed by atoms with Crippen LogP contribution in [0.1, 0.15) is 5.69 Å². The van der Waals surface area contributed by atoms with Crippen LogP contribution in [-0.4, -0.2) is 10.1 Å². The van der Waals surface area contributed by atoms with E-state index < -0.39 is 0 Å². The molecule has 1 aromatic heterocycles. The molecule has 0 fully saturated rings. The number of aromatic amines is 1. The Bertz CT molecular complexity index is 704. The molecule has 1 heterocycles. The molecular formula is C15H13ClN2O. The summed E-state index contributed by atoms with van der Waals surface area (Å²) in [6, 6.07) is 14.9. The van der Waals surface area contributed by atoms with Gasteiger partial charge in [0.05, 0.1) is 17.3 Å². The molecule has 0 atom stereocenters. The number of halogens is 1. The zero-order valence-electron chi connectivity index (χ0n) is 10.2. The molecule has 0 amide bonds. The molecule has 0 bridgehead atoms. The maximum atomic E-state index is 9.23. The van der Waals surface area contributed by atoms with Crippen LogP contribution in [0.5, 0.6) is 5.75 Å². The van der Waals surface area contributed by atoms with Crippen molar-refractivity contribution in [2.45, 2.75) is 6.54 Å². The number of nitrogens with one attached hydrogen (secondary N) is 2. The number of hydrogen-bond acceptors (Lipinski definition) is 2. The molecule has 2 aromatic carbocycles. The standard InChI is InChI=1S/C15H13ClN2O/c16-15-12-3-1-2-4-13(12)18-14(15)9-17-10-5-7-11(19)8-6-10/h1-8,17-19H,9H2. The fraction of sp³-hybridized carbons (Fsp3) is 0.0667. The van der Waals surface area contributed by atoms with E-state index in [1.54, 1.807) is 12.1 Å². The number of hydrogen-bond donors (Lipinski definition) is 3. The zero-order chi connectivity index (χ0) is 13.2. The van der Waals surface area contributed by atoms with E-state index in [9.17, 15) is 5.11 Å². The van der Waals surface area contributed by atoms with E-state index in [0.717, 1.165) is 27.3 Å². The van der Waals surface area contributed by atoms with Gasteiger partial charge in [0.2, 0.25) is 0 Å². The second-order valence-electron chi connectivity index (χ2n) is 4.36. The second-order valence-corrected chi connectivity index (χ2v) is 4.74. The minimum atomic E-state index is 0.259. The van der Waals surface area contributed by atoms with Crippen LogP contribution < -0.4 is 5.32 Å². The maximum absolute atomic E-state index is 9.23. The molecule has 3 aromatic rings. The highest BCUT2D eigenvalue weighted by Gasteiger charge is 2.08. The predicted molar refractivity (Wildman–Crippen MR) is 78.7 cm³/mol. The number of aromatic nitrogens is 1. The van der Waals surface area contributed by atoms with E-state index in [-0.39, 0.29) is 5.75 Å². The highest BCUT2D eigenvalue weighted by Crippen LogP contribution is 2.27. The Kier molecular flexibility index (Phi) is 3.05. The predicted octanol–water partition coefficient (Wildman–Crippen LogP) is 4.14. The topological polar surface area (TPSA) is 48.0 Å². The molecule has 3 N–H and O–H groups in total. The first-order valence-electron chi connectivity index (χ1n) is 6.02. The van der Waals surface area contributed by atoms with Gasteiger partial charge in [0, 0.05) is 16.6 Å². The SMILES string of the molecule is Oc1ccc(NCc2[nH]c3ccccc3c2Cl)cc1. The summed E-state index contributed by atoms with van der Waals surface area (Å²) in [5.41, 5.74) is 2.93. The number of anilines is 1. The average Bonchev–Trinajstić information content (AvgIpc) is 2.76. The largest absolute Gasteiger partial charge is 0.508 e. The Hall–Kier alpha value is -2.13. The quantitative estimate of drug-likeness (QED) is 0.628. The normalized spacial score (nSPS) is 10.8. The number of fused-ring (bicyclic) bond motifs is 1. The van der Waals surface area contributed by atoms with Gasteiger partial charge in [0.25, 0.3) is 0 Å². The van der Waals surface area contributed by atoms with Crippen molar-refractivity contribution in [3.8, 4) is 5.75 Å². The molecule has 0 unspecified atom stereocenters. The van der Waals surface area contributed by atoms with Crippen LogP contribution in [0.15, 0.2) is 48.5 Å². The van der Waals surface area contributed by atoms with E-state index in [2.05, 4.69) is 10.3 Å². The number of para-hydroxylation sites is 1. The molecule has 3 rings (SSSR count). The zero-order valence-corrected chi connectivity index (χ0v) is 10.9. The first-order chi connectivity index (χ1) is 9.24. The van der Waals surface area contributed by atoms with Crippen LogP contribution in [0.25, 0.3) is 10.9 Å². The van der Waals surface area contributed by atoms with Crippen molar-refractivity contribution in [3.63, 3.8) is 0 Å². The first-order valence-corrected chi connectivity index (χ1v) is 6.40. The molecule has 19 heavy (non-hydrogen) atoms. The van der Waals surface area contributed by atoms with Crippen LogP contribution in [-0.2, 0) is 6.54 Å². The van der Waals surface area contributed by atoms with Crippen LogP contribution >= 0.6 is 11.6 Å². The summed E-state index contributed by atoms with van der Waals surface area (Å²) in [6.45, 7) is 0.609. The molecule has 0 spiro atoms. The third-order valence-electron chi connectivity index (χ3n) is 3.05. The molecule has 4 heteroatoms. The molecule has 3 nitrogen and oxygen atoms in total. The summed E-state index contributed by atoms with van der Waals surface area (Å²) in [5, 5.41) is 14.3. The minimum absolute atomic E-state index is 0.259. The van der Waals surface area contributed by atoms with Gasteiger partial charge in [-0.25, -0.2) is 0 Å². The average molecular weight is 273 g/mol. The van der Waals surface area contributed by atoms with Gasteiger partial charge < -0.3 is 15.4 Å². The lowest BCUT2D eigenvalue weighted by molar-refractivity contribution is 0.475. The van der Waals surface area contributed by atoms with Crippen molar-refractivity contribution < 1.29 is 5.11 Å². The summed E-state index contributed by atoms with van der Waals surface area (Å²) in [6.07, 6.45) is 0. The van der Waals surface area contributed by atoms with E-state index in [4.69, 9.17) is 11.6 Å². The lowest BCUT2D eigenvalue weighted by Gasteiger charge is -2.05. The van der Waals surface area contributed by atoms with Crippen molar-refractivity contribution in [1.82, 2.24) is 4.98 Å². The molecule has 96 valence electrons. The number of H-pyrrole nitrogens is 1. The van der Waals surface area contributed by atoms with Gasteiger partial charge in [0.15, 0.2) is 0 Å². The fourth-order valence-corrected chi connectivity index (χ4v) is 2.33. The maximum Gasteiger partial charge on any atom is 0.115 e. The van der Waals surface area contributed by atoms with Gasteiger partial charge in [-0.2, -0.15) is 0 Å². The number of aromatic hydroxyl groups is 1. The Morgan fingerprint density at radius 1 is 1.05 bits per heavy atom. The molecule has 0 saturated carbocycles. The van der Waals surface area contributed by atoms with E-state index in [1.807, 2.05) is 36.4 Å². The van der Waals surface area contributed by atoms with Gasteiger partial charge in [-0.1, -0.05) is 29.8 Å². The summed E-state index contributed by atoms with van der Waals surface area (Å²) >= 11 is 6.34. The number of phenols is 1. The van der Waals surface area contributed by atoms with Gasteiger partial charge in [-0.05, 0) is 30.3 Å². The first kappa shape index (κ1) is 11.9. The Morgan fingerprint density at radius 3 is 2.53 bits per heavy atom. The Balaban J connectivity index is 1.82. The van der Waals surface area contributed by atoms with Gasteiger partial charge >= 0.3 is 0 Å². The lowest BCUT2D eigenvalue weighted by atomic mass is 10.2. The Morgan fingerprint density at radius 2 is 1.79 bits per heavy atom. The molecule has 0 saturated heterocycles. The van der Waals surface area contributed by atoms with Crippen LogP contribution in [0.2, 0.25) is 5.02 Å². The van der Waals surface area contributed by atoms with Crippen molar-refractivity contribution >= 4 is 28.2 Å². The molecule has 0 aliphatic heterocycles. The van der Waals surface area contributed by atoms with Gasteiger partial charge in [0.1, 0.15) is 5.75 Å². The lowest BCUT2D eigenvalue weighted by Crippen LogP contribution is -1.99. The van der Waals surface area contributed by atoms with Crippen molar-refractivity contribution in [1.29, 1.82) is 0 Å². The summed E-state index contributed by atoms with van der Waals surface area (Å²) in [7, 11) is 0. The number of benzene rings is 2. The summed E-state index contributed by atoms with van der Waals surface area (Å²) in [5.74, 6) is 0.259. The van der Waals surface area contributed by atoms with Crippen LogP contribution in [0, 0.1) is 0 Å². The van der Waals surface area contributed by atoms with Crippen LogP contribution in [0.3, 0.4) is 0 Å². The highest BCUT2D eigenvalue weighted by molar-refractivity contribution is 6.36. The summed E-state index contributed by atoms with van der Waals surface area (Å²) in [4.78, 5) is 3.30. The number of phenolic OH excluding ortho intramolecular Hbond substituents is 1. The van der Waals surface area contributed by atoms with Crippen molar-refractivity contribution in [3.05, 3.63) is 59.2 Å². The van der Waals surface area contributed by atoms with E-state index in [1.165, 1.54) is 0 Å². The molecular weight excluding hydrogens is 260 g/mol. The van der Waals surface area contributed by atoms with E-state index >= 15 is 0 Å². The second kappa shape index (κ2) is 4.86. The third kappa shape index (κ3) is 2.37. The number of rotatable bonds is 3. The monoisotopic (exact) mass is 272 g/mol. The molecule has 0 aliphatic carbocycles. The molecule has 0 radical (unpaired) electrons.